The maximum absolute atomic E-state index is 5.33. The molecule has 1 fully saturated rings. The Balaban J connectivity index is 2.43. The van der Waals surface area contributed by atoms with Crippen molar-refractivity contribution in [2.75, 3.05) is 14.2 Å². The Kier molecular flexibility index (Phi) is 5.80. The van der Waals surface area contributed by atoms with Gasteiger partial charge in [0.2, 0.25) is 5.88 Å². The summed E-state index contributed by atoms with van der Waals surface area (Å²) in [6, 6.07) is 2.30. The summed E-state index contributed by atoms with van der Waals surface area (Å²) in [7, 11) is 3.21. The summed E-state index contributed by atoms with van der Waals surface area (Å²) in [6.45, 7) is 8.44. The standard InChI is InChI=1S/C19H28N2O2/c1-6-7-8-9-15-10-11-19(15,13-14(2)3)16-12-17(22-4)21-18(20-16)23-5/h9,12H,2,6-8,10-11,13H2,1,3-5H3/b15-9+. The SMILES string of the molecule is C=C(C)CC1(c2cc(OC)nc(OC)n2)CC/C1=C\CCCC. The minimum absolute atomic E-state index is 0.0664. The zero-order valence-electron chi connectivity index (χ0n) is 14.8. The Hall–Kier alpha value is -1.84. The van der Waals surface area contributed by atoms with Crippen molar-refractivity contribution in [2.24, 2.45) is 0 Å². The van der Waals surface area contributed by atoms with Gasteiger partial charge >= 0.3 is 6.01 Å². The fraction of sp³-hybridized carbons (Fsp3) is 0.579. The van der Waals surface area contributed by atoms with E-state index in [4.69, 9.17) is 9.47 Å². The van der Waals surface area contributed by atoms with Crippen molar-refractivity contribution < 1.29 is 9.47 Å². The third-order valence-corrected chi connectivity index (χ3v) is 4.55. The first-order valence-corrected chi connectivity index (χ1v) is 8.37. The number of allylic oxidation sites excluding steroid dienone is 3. The van der Waals surface area contributed by atoms with E-state index in [0.717, 1.165) is 31.4 Å². The Morgan fingerprint density at radius 3 is 2.65 bits per heavy atom. The van der Waals surface area contributed by atoms with Gasteiger partial charge in [0.15, 0.2) is 0 Å². The number of hydrogen-bond acceptors (Lipinski definition) is 4. The van der Waals surface area contributed by atoms with Gasteiger partial charge in [-0.05, 0) is 32.6 Å². The highest BCUT2D eigenvalue weighted by atomic mass is 16.5. The molecule has 1 saturated carbocycles. The zero-order chi connectivity index (χ0) is 16.9. The van der Waals surface area contributed by atoms with Gasteiger partial charge in [0.25, 0.3) is 0 Å². The van der Waals surface area contributed by atoms with Crippen molar-refractivity contribution in [1.82, 2.24) is 9.97 Å². The summed E-state index contributed by atoms with van der Waals surface area (Å²) in [6.07, 6.45) is 9.09. The van der Waals surface area contributed by atoms with Crippen LogP contribution in [0.5, 0.6) is 11.9 Å². The van der Waals surface area contributed by atoms with Gasteiger partial charge in [-0.15, -0.1) is 6.58 Å². The predicted octanol–water partition coefficient (Wildman–Crippen LogP) is 4.61. The lowest BCUT2D eigenvalue weighted by Crippen LogP contribution is -2.38. The van der Waals surface area contributed by atoms with Crippen molar-refractivity contribution in [1.29, 1.82) is 0 Å². The molecule has 1 atom stereocenters. The molecule has 4 heteroatoms. The third kappa shape index (κ3) is 3.74. The molecule has 0 amide bonds. The maximum atomic E-state index is 5.33. The number of nitrogens with zero attached hydrogens (tertiary/aromatic N) is 2. The lowest BCUT2D eigenvalue weighted by atomic mass is 9.59. The number of aromatic nitrogens is 2. The fourth-order valence-electron chi connectivity index (χ4n) is 3.29. The molecule has 1 heterocycles. The van der Waals surface area contributed by atoms with Crippen LogP contribution < -0.4 is 9.47 Å². The van der Waals surface area contributed by atoms with Gasteiger partial charge in [-0.2, -0.15) is 9.97 Å². The van der Waals surface area contributed by atoms with Gasteiger partial charge in [-0.3, -0.25) is 0 Å². The van der Waals surface area contributed by atoms with E-state index in [1.165, 1.54) is 24.0 Å². The molecule has 23 heavy (non-hydrogen) atoms. The van der Waals surface area contributed by atoms with E-state index in [-0.39, 0.29) is 5.41 Å². The van der Waals surface area contributed by atoms with Crippen molar-refractivity contribution in [2.45, 2.75) is 57.8 Å². The summed E-state index contributed by atoms with van der Waals surface area (Å²) in [4.78, 5) is 8.85. The monoisotopic (exact) mass is 316 g/mol. The molecule has 0 radical (unpaired) electrons. The Morgan fingerprint density at radius 2 is 2.13 bits per heavy atom. The van der Waals surface area contributed by atoms with Crippen molar-refractivity contribution in [3.8, 4) is 11.9 Å². The lowest BCUT2D eigenvalue weighted by molar-refractivity contribution is 0.316. The topological polar surface area (TPSA) is 44.2 Å². The molecule has 0 bridgehead atoms. The van der Waals surface area contributed by atoms with E-state index in [0.29, 0.717) is 11.9 Å². The molecule has 0 saturated heterocycles. The van der Waals surface area contributed by atoms with Crippen molar-refractivity contribution in [3.63, 3.8) is 0 Å². The molecule has 0 aliphatic heterocycles. The molecule has 0 N–H and O–H groups in total. The van der Waals surface area contributed by atoms with Gasteiger partial charge in [0.05, 0.1) is 19.9 Å². The Morgan fingerprint density at radius 1 is 1.35 bits per heavy atom. The second kappa shape index (κ2) is 7.62. The van der Waals surface area contributed by atoms with E-state index in [9.17, 15) is 0 Å². The van der Waals surface area contributed by atoms with Crippen LogP contribution in [0.15, 0.2) is 29.9 Å². The first kappa shape index (κ1) is 17.5. The van der Waals surface area contributed by atoms with Crippen molar-refractivity contribution in [3.05, 3.63) is 35.6 Å². The van der Waals surface area contributed by atoms with Gasteiger partial charge < -0.3 is 9.47 Å². The summed E-state index contributed by atoms with van der Waals surface area (Å²) >= 11 is 0. The molecule has 2 rings (SSSR count). The number of rotatable bonds is 8. The van der Waals surface area contributed by atoms with Crippen LogP contribution in [-0.4, -0.2) is 24.2 Å². The minimum atomic E-state index is -0.0664. The van der Waals surface area contributed by atoms with Gasteiger partial charge in [-0.25, -0.2) is 0 Å². The predicted molar refractivity (Wildman–Crippen MR) is 93.1 cm³/mol. The molecule has 4 nitrogen and oxygen atoms in total. The van der Waals surface area contributed by atoms with Crippen LogP contribution in [0.25, 0.3) is 0 Å². The van der Waals surface area contributed by atoms with Crippen LogP contribution in [-0.2, 0) is 5.41 Å². The fourth-order valence-corrected chi connectivity index (χ4v) is 3.29. The van der Waals surface area contributed by atoms with Crippen molar-refractivity contribution >= 4 is 0 Å². The largest absolute Gasteiger partial charge is 0.481 e. The van der Waals surface area contributed by atoms with Crippen LogP contribution in [0.4, 0.5) is 0 Å². The molecule has 1 aromatic heterocycles. The highest BCUT2D eigenvalue weighted by Crippen LogP contribution is 2.52. The molecular weight excluding hydrogens is 288 g/mol. The average molecular weight is 316 g/mol. The summed E-state index contributed by atoms with van der Waals surface area (Å²) < 4.78 is 10.6. The number of unbranched alkanes of at least 4 members (excludes halogenated alkanes) is 2. The van der Waals surface area contributed by atoms with Gasteiger partial charge in [0.1, 0.15) is 0 Å². The molecular formula is C19H28N2O2. The molecule has 126 valence electrons. The summed E-state index contributed by atoms with van der Waals surface area (Å²) in [5.41, 5.74) is 3.56. The summed E-state index contributed by atoms with van der Waals surface area (Å²) in [5, 5.41) is 0. The van der Waals surface area contributed by atoms with Crippen LogP contribution in [0.1, 0.15) is 58.1 Å². The third-order valence-electron chi connectivity index (χ3n) is 4.55. The number of hydrogen-bond donors (Lipinski definition) is 0. The van der Waals surface area contributed by atoms with Crippen LogP contribution >= 0.6 is 0 Å². The van der Waals surface area contributed by atoms with E-state index < -0.39 is 0 Å². The van der Waals surface area contributed by atoms with Gasteiger partial charge in [-0.1, -0.05) is 37.0 Å². The van der Waals surface area contributed by atoms with Crippen LogP contribution in [0.3, 0.4) is 0 Å². The van der Waals surface area contributed by atoms with E-state index in [1.54, 1.807) is 14.2 Å². The van der Waals surface area contributed by atoms with Crippen LogP contribution in [0, 0.1) is 0 Å². The Labute approximate surface area is 139 Å². The van der Waals surface area contributed by atoms with Crippen LogP contribution in [0.2, 0.25) is 0 Å². The first-order chi connectivity index (χ1) is 11.1. The minimum Gasteiger partial charge on any atom is -0.481 e. The molecule has 0 aromatic carbocycles. The van der Waals surface area contributed by atoms with Gasteiger partial charge in [0, 0.05) is 11.5 Å². The quantitative estimate of drug-likeness (QED) is 0.519. The molecule has 1 aromatic rings. The van der Waals surface area contributed by atoms with E-state index in [1.807, 2.05) is 6.07 Å². The molecule has 0 spiro atoms. The highest BCUT2D eigenvalue weighted by molar-refractivity contribution is 5.42. The van der Waals surface area contributed by atoms with E-state index >= 15 is 0 Å². The zero-order valence-corrected chi connectivity index (χ0v) is 14.8. The molecule has 1 aliphatic carbocycles. The van der Waals surface area contributed by atoms with E-state index in [2.05, 4.69) is 36.5 Å². The Bertz CT molecular complexity index is 573. The average Bonchev–Trinajstić information content (AvgIpc) is 2.54. The smallest absolute Gasteiger partial charge is 0.319 e. The summed E-state index contributed by atoms with van der Waals surface area (Å²) in [5.74, 6) is 0.549. The number of ether oxygens (including phenoxy) is 2. The first-order valence-electron chi connectivity index (χ1n) is 8.37. The lowest BCUT2D eigenvalue weighted by Gasteiger charge is -2.45. The molecule has 1 unspecified atom stereocenters. The second-order valence-electron chi connectivity index (χ2n) is 6.37. The molecule has 1 aliphatic rings. The highest BCUT2D eigenvalue weighted by Gasteiger charge is 2.44. The normalized spacial score (nSPS) is 21.8. The number of methoxy groups -OCH3 is 2. The maximum Gasteiger partial charge on any atom is 0.319 e. The second-order valence-corrected chi connectivity index (χ2v) is 6.37.